The summed E-state index contributed by atoms with van der Waals surface area (Å²) in [5.74, 6) is -3.57. The molecule has 0 saturated carbocycles. The molecule has 0 heterocycles. The Hall–Kier alpha value is -1.76. The quantitative estimate of drug-likeness (QED) is 0.596. The van der Waals surface area contributed by atoms with E-state index in [9.17, 15) is 24.0 Å². The van der Waals surface area contributed by atoms with Crippen molar-refractivity contribution in [2.45, 2.75) is 12.5 Å². The van der Waals surface area contributed by atoms with E-state index in [1.165, 1.54) is 0 Å². The number of nitro groups is 1. The van der Waals surface area contributed by atoms with E-state index in [4.69, 9.17) is 5.11 Å². The Morgan fingerprint density at radius 2 is 2.06 bits per heavy atom. The zero-order valence-corrected chi connectivity index (χ0v) is 8.06. The van der Waals surface area contributed by atoms with Crippen molar-refractivity contribution in [2.75, 3.05) is 6.54 Å². The van der Waals surface area contributed by atoms with Gasteiger partial charge in [-0.1, -0.05) is 6.07 Å². The number of aromatic hydroxyl groups is 1. The van der Waals surface area contributed by atoms with Crippen LogP contribution in [0.15, 0.2) is 12.1 Å². The second kappa shape index (κ2) is 4.84. The monoisotopic (exact) mass is 233 g/mol. The van der Waals surface area contributed by atoms with Gasteiger partial charge < -0.3 is 10.2 Å². The van der Waals surface area contributed by atoms with Crippen LogP contribution >= 0.6 is 0 Å². The number of benzene rings is 1. The number of halogens is 2. The molecular weight excluding hydrogens is 224 g/mol. The van der Waals surface area contributed by atoms with Crippen molar-refractivity contribution in [2.24, 2.45) is 0 Å². The molecule has 0 aromatic heterocycles. The third kappa shape index (κ3) is 2.86. The van der Waals surface area contributed by atoms with E-state index in [1.54, 1.807) is 0 Å². The lowest BCUT2D eigenvalue weighted by Gasteiger charge is -2.08. The zero-order chi connectivity index (χ0) is 12.3. The largest absolute Gasteiger partial charge is 0.505 e. The molecule has 88 valence electrons. The van der Waals surface area contributed by atoms with Gasteiger partial charge in [0.2, 0.25) is 12.4 Å². The fourth-order valence-corrected chi connectivity index (χ4v) is 1.24. The zero-order valence-electron chi connectivity index (χ0n) is 8.06. The number of aliphatic hydroxyl groups is 1. The van der Waals surface area contributed by atoms with Gasteiger partial charge in [-0.2, -0.15) is 4.39 Å². The third-order valence-electron chi connectivity index (χ3n) is 1.97. The van der Waals surface area contributed by atoms with Crippen molar-refractivity contribution < 1.29 is 23.9 Å². The summed E-state index contributed by atoms with van der Waals surface area (Å²) in [6.07, 6.45) is -1.67. The van der Waals surface area contributed by atoms with Gasteiger partial charge in [0, 0.05) is 11.3 Å². The predicted molar refractivity (Wildman–Crippen MR) is 49.6 cm³/mol. The van der Waals surface area contributed by atoms with Crippen molar-refractivity contribution in [1.82, 2.24) is 0 Å². The van der Waals surface area contributed by atoms with Gasteiger partial charge in [0.25, 0.3) is 0 Å². The number of aliphatic hydroxyl groups excluding tert-OH is 1. The SMILES string of the molecule is O=[N+]([O-])CC(O)Cc1ccc(F)c(F)c1O. The van der Waals surface area contributed by atoms with Crippen LogP contribution in [0.25, 0.3) is 0 Å². The molecule has 0 spiro atoms. The Labute approximate surface area is 89.1 Å². The maximum atomic E-state index is 12.9. The van der Waals surface area contributed by atoms with Crippen LogP contribution in [0.4, 0.5) is 8.78 Å². The molecule has 5 nitrogen and oxygen atoms in total. The Balaban J connectivity index is 2.82. The van der Waals surface area contributed by atoms with Gasteiger partial charge in [-0.25, -0.2) is 4.39 Å². The van der Waals surface area contributed by atoms with Crippen LogP contribution in [0.5, 0.6) is 5.75 Å². The fourth-order valence-electron chi connectivity index (χ4n) is 1.24. The van der Waals surface area contributed by atoms with Crippen LogP contribution in [0.1, 0.15) is 5.56 Å². The number of hydrogen-bond acceptors (Lipinski definition) is 4. The van der Waals surface area contributed by atoms with Crippen molar-refractivity contribution in [3.05, 3.63) is 39.4 Å². The first-order valence-electron chi connectivity index (χ1n) is 4.37. The van der Waals surface area contributed by atoms with Crippen LogP contribution in [-0.2, 0) is 6.42 Å². The molecule has 1 atom stereocenters. The third-order valence-corrected chi connectivity index (χ3v) is 1.97. The van der Waals surface area contributed by atoms with E-state index in [0.717, 1.165) is 12.1 Å². The smallest absolute Gasteiger partial charge is 0.229 e. The first kappa shape index (κ1) is 12.3. The van der Waals surface area contributed by atoms with Crippen molar-refractivity contribution in [3.63, 3.8) is 0 Å². The summed E-state index contributed by atoms with van der Waals surface area (Å²) in [5.41, 5.74) is -0.0757. The molecule has 1 rings (SSSR count). The lowest BCUT2D eigenvalue weighted by molar-refractivity contribution is -0.490. The summed E-state index contributed by atoms with van der Waals surface area (Å²) in [5, 5.41) is 28.4. The predicted octanol–water partition coefficient (Wildman–Crippen LogP) is 0.851. The summed E-state index contributed by atoms with van der Waals surface area (Å²) < 4.78 is 25.5. The highest BCUT2D eigenvalue weighted by molar-refractivity contribution is 5.34. The topological polar surface area (TPSA) is 83.6 Å². The molecular formula is C9H9F2NO4. The molecule has 0 aliphatic carbocycles. The average molecular weight is 233 g/mol. The van der Waals surface area contributed by atoms with Crippen LogP contribution in [0, 0.1) is 21.7 Å². The standard InChI is InChI=1S/C9H9F2NO4/c10-7-2-1-5(9(14)8(7)11)3-6(13)4-12(15)16/h1-2,6,13-14H,3-4H2. The molecule has 0 radical (unpaired) electrons. The van der Waals surface area contributed by atoms with Crippen LogP contribution in [0.2, 0.25) is 0 Å². The van der Waals surface area contributed by atoms with Crippen LogP contribution < -0.4 is 0 Å². The number of hydrogen-bond donors (Lipinski definition) is 2. The van der Waals surface area contributed by atoms with Crippen LogP contribution in [0.3, 0.4) is 0 Å². The van der Waals surface area contributed by atoms with Gasteiger partial charge in [0.15, 0.2) is 11.6 Å². The Morgan fingerprint density at radius 3 is 2.62 bits per heavy atom. The molecule has 1 aromatic carbocycles. The Kier molecular flexibility index (Phi) is 3.73. The minimum atomic E-state index is -1.43. The number of phenols is 1. The lowest BCUT2D eigenvalue weighted by Crippen LogP contribution is -2.21. The first-order valence-corrected chi connectivity index (χ1v) is 4.37. The number of rotatable bonds is 4. The highest BCUT2D eigenvalue weighted by atomic mass is 19.2. The molecule has 1 aromatic rings. The molecule has 0 amide bonds. The lowest BCUT2D eigenvalue weighted by atomic mass is 10.1. The van der Waals surface area contributed by atoms with Gasteiger partial charge in [0.1, 0.15) is 6.10 Å². The second-order valence-electron chi connectivity index (χ2n) is 3.24. The van der Waals surface area contributed by atoms with Gasteiger partial charge in [-0.3, -0.25) is 10.1 Å². The van der Waals surface area contributed by atoms with E-state index < -0.39 is 35.0 Å². The van der Waals surface area contributed by atoms with Gasteiger partial charge in [-0.05, 0) is 11.6 Å². The van der Waals surface area contributed by atoms with E-state index in [-0.39, 0.29) is 12.0 Å². The molecule has 2 N–H and O–H groups in total. The maximum Gasteiger partial charge on any atom is 0.229 e. The Morgan fingerprint density at radius 1 is 1.44 bits per heavy atom. The van der Waals surface area contributed by atoms with E-state index in [0.29, 0.717) is 0 Å². The van der Waals surface area contributed by atoms with E-state index in [2.05, 4.69) is 0 Å². The van der Waals surface area contributed by atoms with E-state index >= 15 is 0 Å². The summed E-state index contributed by atoms with van der Waals surface area (Å²) >= 11 is 0. The van der Waals surface area contributed by atoms with Gasteiger partial charge in [0.05, 0.1) is 0 Å². The summed E-state index contributed by atoms with van der Waals surface area (Å²) in [6, 6.07) is 1.85. The highest BCUT2D eigenvalue weighted by Crippen LogP contribution is 2.24. The molecule has 7 heteroatoms. The molecule has 0 aliphatic rings. The first-order chi connectivity index (χ1) is 7.41. The minimum absolute atomic E-state index is 0.0757. The van der Waals surface area contributed by atoms with Crippen molar-refractivity contribution >= 4 is 0 Å². The normalized spacial score (nSPS) is 12.4. The minimum Gasteiger partial charge on any atom is -0.505 e. The van der Waals surface area contributed by atoms with Crippen molar-refractivity contribution in [1.29, 1.82) is 0 Å². The molecule has 0 saturated heterocycles. The number of nitrogens with zero attached hydrogens (tertiary/aromatic N) is 1. The van der Waals surface area contributed by atoms with Gasteiger partial charge >= 0.3 is 0 Å². The summed E-state index contributed by atoms with van der Waals surface area (Å²) in [6.45, 7) is -0.724. The average Bonchev–Trinajstić information content (AvgIpc) is 2.18. The second-order valence-corrected chi connectivity index (χ2v) is 3.24. The van der Waals surface area contributed by atoms with Gasteiger partial charge in [-0.15, -0.1) is 0 Å². The molecule has 0 fully saturated rings. The van der Waals surface area contributed by atoms with Crippen molar-refractivity contribution in [3.8, 4) is 5.75 Å². The fraction of sp³-hybridized carbons (Fsp3) is 0.333. The summed E-state index contributed by atoms with van der Waals surface area (Å²) in [7, 11) is 0. The molecule has 16 heavy (non-hydrogen) atoms. The molecule has 0 aliphatic heterocycles. The molecule has 1 unspecified atom stereocenters. The van der Waals surface area contributed by atoms with E-state index in [1.807, 2.05) is 0 Å². The van der Waals surface area contributed by atoms with Crippen LogP contribution in [-0.4, -0.2) is 27.8 Å². The Bertz CT molecular complexity index is 411. The summed E-state index contributed by atoms with van der Waals surface area (Å²) in [4.78, 5) is 9.32. The number of phenolic OH excluding ortho intramolecular Hbond substituents is 1. The molecule has 0 bridgehead atoms. The maximum absolute atomic E-state index is 12.9. The highest BCUT2D eigenvalue weighted by Gasteiger charge is 2.18.